The number of fused-ring (bicyclic) bond motifs is 1. The number of nitrogens with one attached hydrogen (secondary N) is 2. The second-order valence-corrected chi connectivity index (χ2v) is 8.59. The molecular formula is C18H21N5O3S. The number of carbonyl (C=O) groups excluding carboxylic acids is 1. The molecular weight excluding hydrogens is 366 g/mol. The standard InChI is InChI=1S/C18H21N5O3S/c1-12-10-20-15(11-19-12)18(24)23-8-6-13(7-9-23)17-21-14-4-2-3-5-16(14)27(25,26)22-17/h2-5,10-11,13,17,21-22H,6-9H2,1H3/t17-/m0/s1. The highest BCUT2D eigenvalue weighted by molar-refractivity contribution is 7.89. The molecule has 0 aliphatic carbocycles. The van der Waals surface area contributed by atoms with Crippen molar-refractivity contribution in [2.75, 3.05) is 18.4 Å². The van der Waals surface area contributed by atoms with Crippen molar-refractivity contribution in [2.24, 2.45) is 5.92 Å². The summed E-state index contributed by atoms with van der Waals surface area (Å²) in [5, 5.41) is 3.29. The van der Waals surface area contributed by atoms with Gasteiger partial charge in [-0.15, -0.1) is 0 Å². The van der Waals surface area contributed by atoms with Gasteiger partial charge in [-0.1, -0.05) is 12.1 Å². The molecule has 1 amide bonds. The zero-order valence-electron chi connectivity index (χ0n) is 14.9. The molecule has 1 fully saturated rings. The lowest BCUT2D eigenvalue weighted by Crippen LogP contribution is -2.52. The van der Waals surface area contributed by atoms with Crippen molar-refractivity contribution in [3.05, 3.63) is 48.0 Å². The van der Waals surface area contributed by atoms with Crippen LogP contribution in [-0.2, 0) is 10.0 Å². The van der Waals surface area contributed by atoms with Crippen molar-refractivity contribution in [2.45, 2.75) is 30.8 Å². The van der Waals surface area contributed by atoms with Crippen molar-refractivity contribution < 1.29 is 13.2 Å². The summed E-state index contributed by atoms with van der Waals surface area (Å²) in [6, 6.07) is 6.88. The molecule has 9 heteroatoms. The van der Waals surface area contributed by atoms with E-state index in [-0.39, 0.29) is 22.9 Å². The number of aromatic nitrogens is 2. The fourth-order valence-electron chi connectivity index (χ4n) is 3.56. The molecule has 4 rings (SSSR count). The first kappa shape index (κ1) is 17.9. The number of para-hydroxylation sites is 1. The van der Waals surface area contributed by atoms with E-state index in [4.69, 9.17) is 0 Å². The van der Waals surface area contributed by atoms with Crippen molar-refractivity contribution in [3.63, 3.8) is 0 Å². The van der Waals surface area contributed by atoms with Crippen molar-refractivity contribution in [1.82, 2.24) is 19.6 Å². The second-order valence-electron chi connectivity index (χ2n) is 6.91. The minimum atomic E-state index is -3.53. The molecule has 2 aliphatic rings. The lowest BCUT2D eigenvalue weighted by atomic mass is 9.93. The molecule has 2 N–H and O–H groups in total. The Morgan fingerprint density at radius 3 is 2.59 bits per heavy atom. The number of rotatable bonds is 2. The first-order valence-electron chi connectivity index (χ1n) is 8.90. The molecule has 1 aromatic carbocycles. The fourth-order valence-corrected chi connectivity index (χ4v) is 4.95. The molecule has 27 heavy (non-hydrogen) atoms. The molecule has 1 saturated heterocycles. The number of aryl methyl sites for hydroxylation is 1. The smallest absolute Gasteiger partial charge is 0.274 e. The maximum absolute atomic E-state index is 12.6. The van der Waals surface area contributed by atoms with Gasteiger partial charge in [-0.2, -0.15) is 4.72 Å². The lowest BCUT2D eigenvalue weighted by molar-refractivity contribution is 0.0673. The number of likely N-dealkylation sites (tertiary alicyclic amines) is 1. The van der Waals surface area contributed by atoms with E-state index in [0.29, 0.717) is 37.3 Å². The van der Waals surface area contributed by atoms with Crippen LogP contribution in [0.15, 0.2) is 41.6 Å². The number of amides is 1. The Labute approximate surface area is 158 Å². The van der Waals surface area contributed by atoms with Gasteiger partial charge in [0.2, 0.25) is 10.0 Å². The lowest BCUT2D eigenvalue weighted by Gasteiger charge is -2.38. The van der Waals surface area contributed by atoms with Gasteiger partial charge in [0, 0.05) is 19.3 Å². The van der Waals surface area contributed by atoms with E-state index in [2.05, 4.69) is 20.0 Å². The predicted molar refractivity (Wildman–Crippen MR) is 99.6 cm³/mol. The summed E-state index contributed by atoms with van der Waals surface area (Å²) in [7, 11) is -3.53. The average Bonchev–Trinajstić information content (AvgIpc) is 2.68. The van der Waals surface area contributed by atoms with Crippen LogP contribution in [0.25, 0.3) is 0 Å². The van der Waals surface area contributed by atoms with E-state index in [0.717, 1.165) is 5.69 Å². The molecule has 0 unspecified atom stereocenters. The summed E-state index contributed by atoms with van der Waals surface area (Å²) >= 11 is 0. The normalized spacial score (nSPS) is 22.0. The van der Waals surface area contributed by atoms with Crippen molar-refractivity contribution >= 4 is 21.6 Å². The third kappa shape index (κ3) is 3.52. The topological polar surface area (TPSA) is 104 Å². The van der Waals surface area contributed by atoms with Gasteiger partial charge in [0.15, 0.2) is 0 Å². The summed E-state index contributed by atoms with van der Waals surface area (Å²) in [5.41, 5.74) is 1.72. The van der Waals surface area contributed by atoms with Crippen LogP contribution in [0.2, 0.25) is 0 Å². The third-order valence-corrected chi connectivity index (χ3v) is 6.57. The molecule has 2 aliphatic heterocycles. The largest absolute Gasteiger partial charge is 0.368 e. The zero-order chi connectivity index (χ0) is 19.0. The van der Waals surface area contributed by atoms with Gasteiger partial charge in [-0.25, -0.2) is 13.4 Å². The molecule has 8 nitrogen and oxygen atoms in total. The molecule has 0 radical (unpaired) electrons. The highest BCUT2D eigenvalue weighted by Crippen LogP contribution is 2.30. The quantitative estimate of drug-likeness (QED) is 0.806. The zero-order valence-corrected chi connectivity index (χ0v) is 15.7. The van der Waals surface area contributed by atoms with Crippen LogP contribution in [0, 0.1) is 12.8 Å². The summed E-state index contributed by atoms with van der Waals surface area (Å²) < 4.78 is 27.7. The Morgan fingerprint density at radius 2 is 1.89 bits per heavy atom. The molecule has 2 aromatic rings. The van der Waals surface area contributed by atoms with Gasteiger partial charge in [-0.3, -0.25) is 9.78 Å². The number of anilines is 1. The number of benzene rings is 1. The van der Waals surface area contributed by atoms with Gasteiger partial charge < -0.3 is 10.2 Å². The second kappa shape index (κ2) is 6.90. The van der Waals surface area contributed by atoms with Crippen LogP contribution in [-0.4, -0.2) is 48.4 Å². The molecule has 0 saturated carbocycles. The van der Waals surface area contributed by atoms with Crippen LogP contribution in [0.4, 0.5) is 5.69 Å². The Bertz CT molecular complexity index is 953. The Morgan fingerprint density at radius 1 is 1.15 bits per heavy atom. The molecule has 0 spiro atoms. The molecule has 1 aromatic heterocycles. The van der Waals surface area contributed by atoms with Gasteiger partial charge in [-0.05, 0) is 37.8 Å². The maximum atomic E-state index is 12.6. The average molecular weight is 387 g/mol. The van der Waals surface area contributed by atoms with Gasteiger partial charge in [0.05, 0.1) is 23.7 Å². The minimum Gasteiger partial charge on any atom is -0.368 e. The molecule has 1 atom stereocenters. The fraction of sp³-hybridized carbons (Fsp3) is 0.389. The molecule has 3 heterocycles. The summed E-state index contributed by atoms with van der Waals surface area (Å²) in [5.74, 6) is -0.0373. The van der Waals surface area contributed by atoms with Crippen molar-refractivity contribution in [1.29, 1.82) is 0 Å². The van der Waals surface area contributed by atoms with Crippen LogP contribution < -0.4 is 10.0 Å². The highest BCUT2D eigenvalue weighted by atomic mass is 32.2. The molecule has 0 bridgehead atoms. The summed E-state index contributed by atoms with van der Waals surface area (Å²) in [6.07, 6.45) is 4.11. The van der Waals surface area contributed by atoms with Crippen molar-refractivity contribution in [3.8, 4) is 0 Å². The number of hydrogen-bond acceptors (Lipinski definition) is 6. The van der Waals surface area contributed by atoms with E-state index in [1.54, 1.807) is 29.3 Å². The van der Waals surface area contributed by atoms with E-state index in [9.17, 15) is 13.2 Å². The molecule has 142 valence electrons. The Hall–Kier alpha value is -2.52. The maximum Gasteiger partial charge on any atom is 0.274 e. The number of hydrogen-bond donors (Lipinski definition) is 2. The van der Waals surface area contributed by atoms with E-state index in [1.807, 2.05) is 13.0 Å². The monoisotopic (exact) mass is 387 g/mol. The number of sulfonamides is 1. The van der Waals surface area contributed by atoms with Crippen LogP contribution in [0.1, 0.15) is 29.0 Å². The van der Waals surface area contributed by atoms with E-state index >= 15 is 0 Å². The number of carbonyl (C=O) groups is 1. The highest BCUT2D eigenvalue weighted by Gasteiger charge is 2.36. The number of piperidine rings is 1. The Balaban J connectivity index is 1.43. The van der Waals surface area contributed by atoms with Gasteiger partial charge in [0.1, 0.15) is 10.6 Å². The predicted octanol–water partition coefficient (Wildman–Crippen LogP) is 1.37. The van der Waals surface area contributed by atoms with Gasteiger partial charge in [0.25, 0.3) is 5.91 Å². The van der Waals surface area contributed by atoms with Crippen LogP contribution in [0.3, 0.4) is 0 Å². The SMILES string of the molecule is Cc1cnc(C(=O)N2CCC([C@H]3Nc4ccccc4S(=O)(=O)N3)CC2)cn1. The summed E-state index contributed by atoms with van der Waals surface area (Å²) in [4.78, 5) is 22.9. The third-order valence-electron chi connectivity index (χ3n) is 5.07. The van der Waals surface area contributed by atoms with E-state index in [1.165, 1.54) is 6.20 Å². The summed E-state index contributed by atoms with van der Waals surface area (Å²) in [6.45, 7) is 2.93. The first-order chi connectivity index (χ1) is 12.9. The number of nitrogens with zero attached hydrogens (tertiary/aromatic N) is 3. The minimum absolute atomic E-state index is 0.0984. The first-order valence-corrected chi connectivity index (χ1v) is 10.4. The Kier molecular flexibility index (Phi) is 4.56. The van der Waals surface area contributed by atoms with Crippen LogP contribution in [0.5, 0.6) is 0 Å². The van der Waals surface area contributed by atoms with Gasteiger partial charge >= 0.3 is 0 Å². The van der Waals surface area contributed by atoms with Crippen LogP contribution >= 0.6 is 0 Å². The van der Waals surface area contributed by atoms with E-state index < -0.39 is 10.0 Å².